The molecule has 7 rings (SSSR count). The van der Waals surface area contributed by atoms with Crippen molar-refractivity contribution >= 4 is 0 Å². The van der Waals surface area contributed by atoms with Crippen LogP contribution in [0, 0.1) is 40.9 Å². The van der Waals surface area contributed by atoms with Gasteiger partial charge in [-0.3, -0.25) is 4.90 Å². The Bertz CT molecular complexity index is 964. The topological polar surface area (TPSA) is 154 Å². The summed E-state index contributed by atoms with van der Waals surface area (Å²) < 4.78 is 6.51. The third-order valence-electron chi connectivity index (χ3n) is 12.8. The van der Waals surface area contributed by atoms with Crippen molar-refractivity contribution in [1.82, 2.24) is 4.90 Å². The fourth-order valence-electron chi connectivity index (χ4n) is 11.4. The van der Waals surface area contributed by atoms with Gasteiger partial charge < -0.3 is 40.5 Å². The molecule has 4 saturated carbocycles. The molecule has 16 atom stereocenters. The summed E-state index contributed by atoms with van der Waals surface area (Å²) in [4.78, 5) is 2.30. The summed E-state index contributed by atoms with van der Waals surface area (Å²) in [6.45, 7) is 7.40. The van der Waals surface area contributed by atoms with E-state index in [4.69, 9.17) is 4.74 Å². The number of aliphatic hydroxyl groups is 7. The van der Waals surface area contributed by atoms with E-state index in [1.165, 1.54) is 0 Å². The monoisotopic (exact) mass is 509 g/mol. The molecule has 9 heteroatoms. The zero-order valence-electron chi connectivity index (χ0n) is 21.5. The molecule has 7 fully saturated rings. The number of hydrogen-bond acceptors (Lipinski definition) is 9. The van der Waals surface area contributed by atoms with Crippen LogP contribution in [0.25, 0.3) is 0 Å². The lowest BCUT2D eigenvalue weighted by Gasteiger charge is -2.63. The van der Waals surface area contributed by atoms with Gasteiger partial charge in [0.1, 0.15) is 17.8 Å². The van der Waals surface area contributed by atoms with Gasteiger partial charge in [-0.25, -0.2) is 0 Å². The second-order valence-electron chi connectivity index (χ2n) is 14.2. The number of fused-ring (bicyclic) bond motifs is 5. The molecule has 7 N–H and O–H groups in total. The average Bonchev–Trinajstić information content (AvgIpc) is 3.08. The summed E-state index contributed by atoms with van der Waals surface area (Å²) >= 11 is 0. The van der Waals surface area contributed by atoms with Crippen molar-refractivity contribution in [2.75, 3.05) is 13.1 Å². The van der Waals surface area contributed by atoms with Gasteiger partial charge in [0.15, 0.2) is 5.79 Å². The Labute approximate surface area is 212 Å². The summed E-state index contributed by atoms with van der Waals surface area (Å²) in [5.41, 5.74) is -4.88. The fourth-order valence-corrected chi connectivity index (χ4v) is 11.4. The van der Waals surface area contributed by atoms with Gasteiger partial charge in [-0.1, -0.05) is 13.8 Å². The van der Waals surface area contributed by atoms with Crippen LogP contribution in [0.5, 0.6) is 0 Å². The zero-order chi connectivity index (χ0) is 25.8. The first kappa shape index (κ1) is 24.7. The van der Waals surface area contributed by atoms with Crippen LogP contribution in [0.15, 0.2) is 0 Å². The van der Waals surface area contributed by atoms with Crippen LogP contribution in [-0.2, 0) is 4.74 Å². The molecule has 0 aromatic heterocycles. The van der Waals surface area contributed by atoms with E-state index in [9.17, 15) is 35.7 Å². The predicted octanol–water partition coefficient (Wildman–Crippen LogP) is -0.814. The van der Waals surface area contributed by atoms with Crippen molar-refractivity contribution in [1.29, 1.82) is 0 Å². The van der Waals surface area contributed by atoms with Crippen LogP contribution >= 0.6 is 0 Å². The highest BCUT2D eigenvalue weighted by atomic mass is 16.7. The molecule has 3 saturated heterocycles. The maximum Gasteiger partial charge on any atom is 0.196 e. The van der Waals surface area contributed by atoms with Gasteiger partial charge in [-0.05, 0) is 63.2 Å². The van der Waals surface area contributed by atoms with Crippen LogP contribution in [0.4, 0.5) is 0 Å². The minimum atomic E-state index is -1.85. The molecule has 0 amide bonds. The fraction of sp³-hybridized carbons (Fsp3) is 1.00. The van der Waals surface area contributed by atoms with Crippen molar-refractivity contribution in [2.45, 2.75) is 112 Å². The molecule has 204 valence electrons. The van der Waals surface area contributed by atoms with Crippen LogP contribution in [0.1, 0.15) is 59.3 Å². The van der Waals surface area contributed by atoms with Gasteiger partial charge in [-0.2, -0.15) is 0 Å². The summed E-state index contributed by atoms with van der Waals surface area (Å²) in [5.74, 6) is -4.29. The summed E-state index contributed by atoms with van der Waals surface area (Å²) in [6.07, 6.45) is -1.92. The highest BCUT2D eigenvalue weighted by Crippen LogP contribution is 2.76. The Morgan fingerprint density at radius 3 is 2.39 bits per heavy atom. The maximum absolute atomic E-state index is 12.5. The molecule has 0 aromatic carbocycles. The molecule has 9 nitrogen and oxygen atoms in total. The average molecular weight is 510 g/mol. The molecule has 36 heavy (non-hydrogen) atoms. The van der Waals surface area contributed by atoms with Crippen LogP contribution < -0.4 is 0 Å². The van der Waals surface area contributed by atoms with Crippen molar-refractivity contribution in [3.05, 3.63) is 0 Å². The molecule has 7 aliphatic rings. The Balaban J connectivity index is 1.37. The largest absolute Gasteiger partial charge is 0.393 e. The summed E-state index contributed by atoms with van der Waals surface area (Å²) in [5, 5.41) is 81.4. The predicted molar refractivity (Wildman–Crippen MR) is 126 cm³/mol. The molecular formula is C27H43NO8. The number of ether oxygens (including phenoxy) is 1. The third-order valence-corrected chi connectivity index (χ3v) is 12.8. The first-order valence-corrected chi connectivity index (χ1v) is 14.1. The van der Waals surface area contributed by atoms with E-state index in [1.807, 2.05) is 6.92 Å². The first-order valence-electron chi connectivity index (χ1n) is 14.1. The Hall–Kier alpha value is -0.360. The van der Waals surface area contributed by atoms with Crippen LogP contribution in [-0.4, -0.2) is 107 Å². The van der Waals surface area contributed by atoms with E-state index >= 15 is 0 Å². The van der Waals surface area contributed by atoms with Crippen molar-refractivity contribution in [3.8, 4) is 0 Å². The molecule has 3 heterocycles. The van der Waals surface area contributed by atoms with Gasteiger partial charge >= 0.3 is 0 Å². The molecular weight excluding hydrogens is 466 g/mol. The van der Waals surface area contributed by atoms with E-state index in [-0.39, 0.29) is 18.4 Å². The summed E-state index contributed by atoms with van der Waals surface area (Å²) in [7, 11) is 0. The van der Waals surface area contributed by atoms with Gasteiger partial charge in [0.05, 0.1) is 23.4 Å². The van der Waals surface area contributed by atoms with Crippen LogP contribution in [0.3, 0.4) is 0 Å². The number of rotatable bonds is 0. The van der Waals surface area contributed by atoms with E-state index in [1.54, 1.807) is 6.92 Å². The zero-order valence-corrected chi connectivity index (χ0v) is 21.5. The third kappa shape index (κ3) is 2.46. The van der Waals surface area contributed by atoms with E-state index in [0.29, 0.717) is 31.7 Å². The highest BCUT2D eigenvalue weighted by Gasteiger charge is 2.86. The van der Waals surface area contributed by atoms with Crippen molar-refractivity contribution < 1.29 is 40.5 Å². The number of hydrogen-bond donors (Lipinski definition) is 7. The van der Waals surface area contributed by atoms with E-state index in [2.05, 4.69) is 11.8 Å². The Morgan fingerprint density at radius 1 is 0.944 bits per heavy atom. The van der Waals surface area contributed by atoms with Gasteiger partial charge in [-0.15, -0.1) is 0 Å². The van der Waals surface area contributed by atoms with Crippen LogP contribution in [0.2, 0.25) is 0 Å². The quantitative estimate of drug-likeness (QED) is 0.222. The normalized spacial score (nSPS) is 68.0. The minimum absolute atomic E-state index is 0.130. The van der Waals surface area contributed by atoms with Gasteiger partial charge in [0.25, 0.3) is 0 Å². The molecule has 4 aliphatic carbocycles. The van der Waals surface area contributed by atoms with E-state index < -0.39 is 76.1 Å². The van der Waals surface area contributed by atoms with Gasteiger partial charge in [0, 0.05) is 42.3 Å². The van der Waals surface area contributed by atoms with Crippen molar-refractivity contribution in [3.63, 3.8) is 0 Å². The minimum Gasteiger partial charge on any atom is -0.393 e. The molecule has 0 unspecified atom stereocenters. The number of piperidine rings is 2. The second-order valence-corrected chi connectivity index (χ2v) is 14.2. The van der Waals surface area contributed by atoms with E-state index in [0.717, 1.165) is 19.4 Å². The molecule has 0 radical (unpaired) electrons. The smallest absolute Gasteiger partial charge is 0.196 e. The summed E-state index contributed by atoms with van der Waals surface area (Å²) in [6, 6.07) is -0.130. The molecule has 4 bridgehead atoms. The molecule has 0 aromatic rings. The molecule has 3 aliphatic heterocycles. The standard InChI is InChI=1S/C27H43NO8/c1-12-4-5-17-24(3,33)19-13(11-28(17)10-12)14-9-25-21(26(14,34)22(32)20(19)31)15(29)8-16-23(25,2)7-6-18(30)27(16,35)36-25/h12-22,29-35H,4-11H2,1-3H3/t12-,13+,14+,15-,16-,17+,18+,19-,20-,21+,22-,23+,24-,25-,26+,27-/m1/s1. The SMILES string of the molecule is C[C@@H]1CC[C@@H]2N(C1)C[C@@H]1[C@H]([C@@H](O)[C@@H](O)[C@@]3(O)[C@H]4[C@H](O)C[C@H]5[C@@]6(O)O[C@@]4(C[C@@H]13)[C@@]5(C)CC[C@@H]6O)[C@]2(C)O. The number of aliphatic hydroxyl groups excluding tert-OH is 4. The lowest BCUT2D eigenvalue weighted by molar-refractivity contribution is -0.295. The lowest BCUT2D eigenvalue weighted by atomic mass is 9.49. The Morgan fingerprint density at radius 2 is 1.67 bits per heavy atom. The van der Waals surface area contributed by atoms with Gasteiger partial charge in [0.2, 0.25) is 0 Å². The lowest BCUT2D eigenvalue weighted by Crippen LogP contribution is -2.76. The first-order chi connectivity index (χ1) is 16.7. The number of nitrogens with zero attached hydrogens (tertiary/aromatic N) is 1. The highest BCUT2D eigenvalue weighted by molar-refractivity contribution is 5.33. The maximum atomic E-state index is 12.5. The Kier molecular flexibility index (Phi) is 4.82. The molecule has 1 spiro atoms. The second kappa shape index (κ2) is 7.04. The van der Waals surface area contributed by atoms with Crippen molar-refractivity contribution in [2.24, 2.45) is 40.9 Å².